The Hall–Kier alpha value is -1.27. The van der Waals surface area contributed by atoms with Gasteiger partial charge in [0.2, 0.25) is 0 Å². The van der Waals surface area contributed by atoms with Crippen LogP contribution < -0.4 is 0 Å². The first kappa shape index (κ1) is 15.7. The van der Waals surface area contributed by atoms with Crippen LogP contribution in [0.2, 0.25) is 0 Å². The molecule has 0 heterocycles. The van der Waals surface area contributed by atoms with Crippen molar-refractivity contribution < 1.29 is 27.5 Å². The van der Waals surface area contributed by atoms with Gasteiger partial charge in [0.05, 0.1) is 0 Å². The molecule has 0 rings (SSSR count). The van der Waals surface area contributed by atoms with Crippen LogP contribution in [0.15, 0.2) is 0 Å². The lowest BCUT2D eigenvalue weighted by Crippen LogP contribution is -2.48. The molecule has 1 atom stereocenters. The second-order valence-corrected chi connectivity index (χ2v) is 4.55. The summed E-state index contributed by atoms with van der Waals surface area (Å²) >= 11 is 0. The van der Waals surface area contributed by atoms with E-state index in [1.807, 2.05) is 0 Å². The van der Waals surface area contributed by atoms with Gasteiger partial charge in [-0.15, -0.1) is 0 Å². The van der Waals surface area contributed by atoms with Crippen molar-refractivity contribution in [2.45, 2.75) is 45.0 Å². The van der Waals surface area contributed by atoms with Gasteiger partial charge in [-0.1, -0.05) is 0 Å². The predicted octanol–water partition coefficient (Wildman–Crippen LogP) is 2.37. The molecule has 0 fully saturated rings. The molecule has 0 aliphatic rings. The Bertz CT molecular complexity index is 284. The topological polar surface area (TPSA) is 46.6 Å². The molecule has 0 saturated carbocycles. The Kier molecular flexibility index (Phi) is 4.97. The maximum absolute atomic E-state index is 12.5. The lowest BCUT2D eigenvalue weighted by atomic mass is 10.2. The van der Waals surface area contributed by atoms with Gasteiger partial charge in [-0.2, -0.15) is 13.2 Å². The zero-order valence-electron chi connectivity index (χ0n) is 10.2. The molecular formula is C10H16F3NO3. The van der Waals surface area contributed by atoms with Crippen molar-refractivity contribution >= 4 is 12.4 Å². The molecule has 0 bridgehead atoms. The summed E-state index contributed by atoms with van der Waals surface area (Å²) in [6, 6.07) is -2.16. The molecule has 4 nitrogen and oxygen atoms in total. The number of alkyl halides is 3. The molecular weight excluding hydrogens is 239 g/mol. The number of hydrogen-bond acceptors (Lipinski definition) is 3. The molecule has 0 aromatic rings. The van der Waals surface area contributed by atoms with E-state index in [0.717, 1.165) is 7.05 Å². The molecule has 17 heavy (non-hydrogen) atoms. The van der Waals surface area contributed by atoms with Gasteiger partial charge in [-0.05, 0) is 20.8 Å². The Morgan fingerprint density at radius 2 is 1.82 bits per heavy atom. The van der Waals surface area contributed by atoms with E-state index in [1.54, 1.807) is 20.8 Å². The SMILES string of the molecule is CN(C(=O)OC(C)(C)C)C(CC=O)C(F)(F)F. The van der Waals surface area contributed by atoms with E-state index in [9.17, 15) is 22.8 Å². The fourth-order valence-electron chi connectivity index (χ4n) is 1.06. The number of carbonyl (C=O) groups excluding carboxylic acids is 2. The number of carbonyl (C=O) groups is 2. The minimum atomic E-state index is -4.66. The molecule has 0 aliphatic carbocycles. The molecule has 0 aromatic carbocycles. The largest absolute Gasteiger partial charge is 0.444 e. The average Bonchev–Trinajstić information content (AvgIpc) is 2.08. The summed E-state index contributed by atoms with van der Waals surface area (Å²) in [5.41, 5.74) is -0.886. The standard InChI is InChI=1S/C10H16F3NO3/c1-9(2,3)17-8(16)14(4)7(5-6-15)10(11,12)13/h6-7H,5H2,1-4H3. The van der Waals surface area contributed by atoms with Gasteiger partial charge < -0.3 is 9.53 Å². The summed E-state index contributed by atoms with van der Waals surface area (Å²) in [6.45, 7) is 4.63. The van der Waals surface area contributed by atoms with Gasteiger partial charge in [-0.3, -0.25) is 4.90 Å². The third kappa shape index (κ3) is 5.55. The maximum Gasteiger partial charge on any atom is 0.410 e. The third-order valence-electron chi connectivity index (χ3n) is 1.85. The normalized spacial score (nSPS) is 14.1. The van der Waals surface area contributed by atoms with Crippen LogP contribution in [-0.2, 0) is 9.53 Å². The highest BCUT2D eigenvalue weighted by Gasteiger charge is 2.44. The van der Waals surface area contributed by atoms with Crippen LogP contribution in [0.4, 0.5) is 18.0 Å². The molecule has 0 radical (unpaired) electrons. The number of nitrogens with zero attached hydrogens (tertiary/aromatic N) is 1. The molecule has 0 N–H and O–H groups in total. The van der Waals surface area contributed by atoms with E-state index in [2.05, 4.69) is 0 Å². The molecule has 0 spiro atoms. The lowest BCUT2D eigenvalue weighted by molar-refractivity contribution is -0.179. The number of halogens is 3. The van der Waals surface area contributed by atoms with Gasteiger partial charge in [-0.25, -0.2) is 4.79 Å². The predicted molar refractivity (Wildman–Crippen MR) is 54.5 cm³/mol. The molecule has 0 aliphatic heterocycles. The lowest BCUT2D eigenvalue weighted by Gasteiger charge is -2.30. The minimum Gasteiger partial charge on any atom is -0.444 e. The van der Waals surface area contributed by atoms with Crippen LogP contribution in [0.3, 0.4) is 0 Å². The van der Waals surface area contributed by atoms with Crippen molar-refractivity contribution in [3.63, 3.8) is 0 Å². The fraction of sp³-hybridized carbons (Fsp3) is 0.800. The summed E-state index contributed by atoms with van der Waals surface area (Å²) in [5, 5.41) is 0. The van der Waals surface area contributed by atoms with Crippen molar-refractivity contribution in [1.82, 2.24) is 4.90 Å². The Morgan fingerprint density at radius 3 is 2.12 bits per heavy atom. The van der Waals surface area contributed by atoms with Crippen LogP contribution in [0, 0.1) is 0 Å². The van der Waals surface area contributed by atoms with Gasteiger partial charge in [0, 0.05) is 13.5 Å². The smallest absolute Gasteiger partial charge is 0.410 e. The highest BCUT2D eigenvalue weighted by molar-refractivity contribution is 5.69. The Labute approximate surface area is 97.7 Å². The van der Waals surface area contributed by atoms with E-state index in [1.165, 1.54) is 0 Å². The molecule has 0 saturated heterocycles. The second-order valence-electron chi connectivity index (χ2n) is 4.55. The Balaban J connectivity index is 4.79. The summed E-state index contributed by atoms with van der Waals surface area (Å²) < 4.78 is 42.4. The van der Waals surface area contributed by atoms with E-state index in [4.69, 9.17) is 4.74 Å². The molecule has 1 amide bonds. The van der Waals surface area contributed by atoms with Gasteiger partial charge in [0.25, 0.3) is 0 Å². The van der Waals surface area contributed by atoms with Crippen molar-refractivity contribution in [3.05, 3.63) is 0 Å². The van der Waals surface area contributed by atoms with E-state index in [0.29, 0.717) is 4.90 Å². The zero-order chi connectivity index (χ0) is 13.9. The average molecular weight is 255 g/mol. The monoisotopic (exact) mass is 255 g/mol. The summed E-state index contributed by atoms with van der Waals surface area (Å²) in [5.74, 6) is 0. The summed E-state index contributed by atoms with van der Waals surface area (Å²) in [7, 11) is 0.954. The number of hydrogen-bond donors (Lipinski definition) is 0. The van der Waals surface area contributed by atoms with Gasteiger partial charge >= 0.3 is 12.3 Å². The molecule has 100 valence electrons. The van der Waals surface area contributed by atoms with Gasteiger partial charge in [0.1, 0.15) is 17.9 Å². The third-order valence-corrected chi connectivity index (χ3v) is 1.85. The zero-order valence-corrected chi connectivity index (χ0v) is 10.2. The first-order valence-corrected chi connectivity index (χ1v) is 4.95. The van der Waals surface area contributed by atoms with Crippen molar-refractivity contribution in [3.8, 4) is 0 Å². The first-order chi connectivity index (χ1) is 7.49. The maximum atomic E-state index is 12.5. The molecule has 0 aromatic heterocycles. The van der Waals surface area contributed by atoms with Crippen molar-refractivity contribution in [2.24, 2.45) is 0 Å². The van der Waals surface area contributed by atoms with E-state index >= 15 is 0 Å². The number of amides is 1. The Morgan fingerprint density at radius 1 is 1.35 bits per heavy atom. The van der Waals surface area contributed by atoms with Crippen LogP contribution in [-0.4, -0.2) is 42.1 Å². The number of rotatable bonds is 3. The summed E-state index contributed by atoms with van der Waals surface area (Å²) in [6.07, 6.45) is -6.45. The van der Waals surface area contributed by atoms with E-state index < -0.39 is 30.3 Å². The van der Waals surface area contributed by atoms with Crippen LogP contribution in [0.5, 0.6) is 0 Å². The van der Waals surface area contributed by atoms with Crippen LogP contribution in [0.25, 0.3) is 0 Å². The van der Waals surface area contributed by atoms with E-state index in [-0.39, 0.29) is 6.29 Å². The van der Waals surface area contributed by atoms with Gasteiger partial charge in [0.15, 0.2) is 0 Å². The second kappa shape index (κ2) is 5.37. The number of aldehydes is 1. The minimum absolute atomic E-state index is 0.124. The fourth-order valence-corrected chi connectivity index (χ4v) is 1.06. The highest BCUT2D eigenvalue weighted by Crippen LogP contribution is 2.27. The van der Waals surface area contributed by atoms with Crippen LogP contribution in [0.1, 0.15) is 27.2 Å². The quantitative estimate of drug-likeness (QED) is 0.727. The van der Waals surface area contributed by atoms with Crippen molar-refractivity contribution in [1.29, 1.82) is 0 Å². The van der Waals surface area contributed by atoms with Crippen LogP contribution >= 0.6 is 0 Å². The summed E-state index contributed by atoms with van der Waals surface area (Å²) in [4.78, 5) is 22.0. The molecule has 7 heteroatoms. The molecule has 1 unspecified atom stereocenters. The first-order valence-electron chi connectivity index (χ1n) is 4.95. The number of ether oxygens (including phenoxy) is 1. The van der Waals surface area contributed by atoms with Crippen molar-refractivity contribution in [2.75, 3.05) is 7.05 Å². The highest BCUT2D eigenvalue weighted by atomic mass is 19.4.